The van der Waals surface area contributed by atoms with Crippen molar-refractivity contribution in [1.29, 1.82) is 0 Å². The first-order chi connectivity index (χ1) is 16.4. The van der Waals surface area contributed by atoms with Crippen molar-refractivity contribution >= 4 is 40.0 Å². The van der Waals surface area contributed by atoms with Gasteiger partial charge in [0.05, 0.1) is 12.2 Å². The van der Waals surface area contributed by atoms with Crippen molar-refractivity contribution in [3.05, 3.63) is 71.8 Å². The van der Waals surface area contributed by atoms with Crippen LogP contribution in [0.1, 0.15) is 35.7 Å². The zero-order chi connectivity index (χ0) is 24.1. The van der Waals surface area contributed by atoms with Crippen LogP contribution in [0.4, 0.5) is 5.69 Å². The standard InChI is InChI=1S/C26H25N3O4S/c1-3-4-12-32-19-7-5-6-17(14-19)24(31)29-26(34)27-18-9-11-22(30)20(15-18)25-28-21-10-8-16(2)13-23(21)33-25/h5-11,13-15,30H,3-4,12H2,1-2H3,(H2,27,29,31,34). The van der Waals surface area contributed by atoms with Crippen LogP contribution in [0.25, 0.3) is 22.6 Å². The molecule has 1 amide bonds. The van der Waals surface area contributed by atoms with Gasteiger partial charge in [0.25, 0.3) is 5.91 Å². The normalized spacial score (nSPS) is 10.8. The SMILES string of the molecule is CCCCOc1cccc(C(=O)NC(=S)Nc2ccc(O)c(-c3nc4ccc(C)cc4o3)c2)c1. The van der Waals surface area contributed by atoms with Crippen LogP contribution in [0.3, 0.4) is 0 Å². The van der Waals surface area contributed by atoms with E-state index >= 15 is 0 Å². The van der Waals surface area contributed by atoms with E-state index in [9.17, 15) is 9.90 Å². The molecule has 0 aliphatic heterocycles. The van der Waals surface area contributed by atoms with Gasteiger partial charge in [-0.15, -0.1) is 0 Å². The minimum Gasteiger partial charge on any atom is -0.507 e. The molecule has 0 radical (unpaired) electrons. The molecule has 1 heterocycles. The summed E-state index contributed by atoms with van der Waals surface area (Å²) in [6.07, 6.45) is 1.98. The van der Waals surface area contributed by atoms with Gasteiger partial charge in [0.15, 0.2) is 10.7 Å². The van der Waals surface area contributed by atoms with E-state index in [0.717, 1.165) is 18.4 Å². The highest BCUT2D eigenvalue weighted by molar-refractivity contribution is 7.80. The quantitative estimate of drug-likeness (QED) is 0.176. The van der Waals surface area contributed by atoms with E-state index in [1.807, 2.05) is 31.2 Å². The number of benzene rings is 3. The van der Waals surface area contributed by atoms with E-state index in [1.54, 1.807) is 30.3 Å². The molecule has 0 saturated heterocycles. The summed E-state index contributed by atoms with van der Waals surface area (Å²) in [5, 5.41) is 16.1. The Hall–Kier alpha value is -3.91. The molecule has 8 heteroatoms. The fourth-order valence-electron chi connectivity index (χ4n) is 3.33. The number of nitrogens with one attached hydrogen (secondary N) is 2. The number of anilines is 1. The fourth-order valence-corrected chi connectivity index (χ4v) is 3.54. The van der Waals surface area contributed by atoms with Crippen LogP contribution in [-0.4, -0.2) is 27.7 Å². The molecule has 0 atom stereocenters. The lowest BCUT2D eigenvalue weighted by atomic mass is 10.1. The minimum atomic E-state index is -0.355. The Bertz CT molecular complexity index is 1350. The van der Waals surface area contributed by atoms with Gasteiger partial charge in [-0.2, -0.15) is 0 Å². The Morgan fingerprint density at radius 1 is 1.15 bits per heavy atom. The first kappa shape index (κ1) is 23.3. The molecule has 4 aromatic rings. The number of aromatic hydroxyl groups is 1. The summed E-state index contributed by atoms with van der Waals surface area (Å²) >= 11 is 5.31. The van der Waals surface area contributed by atoms with Crippen LogP contribution < -0.4 is 15.4 Å². The van der Waals surface area contributed by atoms with Gasteiger partial charge in [0, 0.05) is 11.3 Å². The largest absolute Gasteiger partial charge is 0.507 e. The molecule has 0 aliphatic carbocycles. The second kappa shape index (κ2) is 10.4. The van der Waals surface area contributed by atoms with Gasteiger partial charge in [-0.1, -0.05) is 25.5 Å². The smallest absolute Gasteiger partial charge is 0.257 e. The number of nitrogens with zero attached hydrogens (tertiary/aromatic N) is 1. The highest BCUT2D eigenvalue weighted by Crippen LogP contribution is 2.33. The highest BCUT2D eigenvalue weighted by atomic mass is 32.1. The molecule has 7 nitrogen and oxygen atoms in total. The molecule has 0 saturated carbocycles. The second-order valence-corrected chi connectivity index (χ2v) is 8.27. The molecule has 0 bridgehead atoms. The number of phenolic OH excluding ortho intramolecular Hbond substituents is 1. The number of hydrogen-bond donors (Lipinski definition) is 3. The van der Waals surface area contributed by atoms with E-state index < -0.39 is 0 Å². The topological polar surface area (TPSA) is 96.6 Å². The minimum absolute atomic E-state index is 0.0173. The highest BCUT2D eigenvalue weighted by Gasteiger charge is 2.15. The number of fused-ring (bicyclic) bond motifs is 1. The number of thiocarbonyl (C=S) groups is 1. The third-order valence-electron chi connectivity index (χ3n) is 5.12. The molecule has 34 heavy (non-hydrogen) atoms. The number of hydrogen-bond acceptors (Lipinski definition) is 6. The second-order valence-electron chi connectivity index (χ2n) is 7.86. The van der Waals surface area contributed by atoms with E-state index in [0.29, 0.717) is 40.3 Å². The number of ether oxygens (including phenoxy) is 1. The summed E-state index contributed by atoms with van der Waals surface area (Å²) < 4.78 is 11.5. The molecule has 4 rings (SSSR count). The lowest BCUT2D eigenvalue weighted by Crippen LogP contribution is -2.34. The Morgan fingerprint density at radius 3 is 2.82 bits per heavy atom. The van der Waals surface area contributed by atoms with Gasteiger partial charge >= 0.3 is 0 Å². The first-order valence-electron chi connectivity index (χ1n) is 11.0. The van der Waals surface area contributed by atoms with Gasteiger partial charge in [0.1, 0.15) is 17.0 Å². The molecule has 3 N–H and O–H groups in total. The van der Waals surface area contributed by atoms with Crippen molar-refractivity contribution in [2.24, 2.45) is 0 Å². The summed E-state index contributed by atoms with van der Waals surface area (Å²) in [6, 6.07) is 17.5. The summed E-state index contributed by atoms with van der Waals surface area (Å²) in [4.78, 5) is 17.1. The molecule has 0 aliphatic rings. The van der Waals surface area contributed by atoms with Gasteiger partial charge in [0.2, 0.25) is 5.89 Å². The number of phenols is 1. The van der Waals surface area contributed by atoms with E-state index in [2.05, 4.69) is 22.5 Å². The molecule has 174 valence electrons. The molecule has 0 unspecified atom stereocenters. The van der Waals surface area contributed by atoms with Crippen LogP contribution in [0, 0.1) is 6.92 Å². The molecular formula is C26H25N3O4S. The van der Waals surface area contributed by atoms with Crippen molar-refractivity contribution in [3.63, 3.8) is 0 Å². The fraction of sp³-hybridized carbons (Fsp3) is 0.192. The number of amides is 1. The van der Waals surface area contributed by atoms with Crippen molar-refractivity contribution < 1.29 is 19.1 Å². The molecular weight excluding hydrogens is 450 g/mol. The van der Waals surface area contributed by atoms with Gasteiger partial charge in [-0.25, -0.2) is 4.98 Å². The van der Waals surface area contributed by atoms with Crippen LogP contribution in [0.15, 0.2) is 65.1 Å². The van der Waals surface area contributed by atoms with Crippen LogP contribution >= 0.6 is 12.2 Å². The Kier molecular flexibility index (Phi) is 7.08. The Balaban J connectivity index is 1.45. The average Bonchev–Trinajstić information content (AvgIpc) is 3.23. The van der Waals surface area contributed by atoms with Gasteiger partial charge in [-0.05, 0) is 79.7 Å². The van der Waals surface area contributed by atoms with Crippen molar-refractivity contribution in [1.82, 2.24) is 10.3 Å². The molecule has 0 spiro atoms. The van der Waals surface area contributed by atoms with E-state index in [-0.39, 0.29) is 22.7 Å². The Morgan fingerprint density at radius 2 is 2.00 bits per heavy atom. The lowest BCUT2D eigenvalue weighted by Gasteiger charge is -2.12. The van der Waals surface area contributed by atoms with Gasteiger partial charge < -0.3 is 19.6 Å². The third kappa shape index (κ3) is 5.52. The van der Waals surface area contributed by atoms with Crippen LogP contribution in [0.5, 0.6) is 11.5 Å². The van der Waals surface area contributed by atoms with Crippen molar-refractivity contribution in [2.75, 3.05) is 11.9 Å². The summed E-state index contributed by atoms with van der Waals surface area (Å²) in [7, 11) is 0. The average molecular weight is 476 g/mol. The maximum Gasteiger partial charge on any atom is 0.257 e. The number of carbonyl (C=O) groups excluding carboxylic acids is 1. The predicted molar refractivity (Wildman–Crippen MR) is 136 cm³/mol. The number of aromatic nitrogens is 1. The van der Waals surface area contributed by atoms with Gasteiger partial charge in [-0.3, -0.25) is 10.1 Å². The first-order valence-corrected chi connectivity index (χ1v) is 11.4. The van der Waals surface area contributed by atoms with Crippen LogP contribution in [-0.2, 0) is 0 Å². The number of oxazole rings is 1. The molecule has 0 fully saturated rings. The van der Waals surface area contributed by atoms with Crippen molar-refractivity contribution in [2.45, 2.75) is 26.7 Å². The summed E-state index contributed by atoms with van der Waals surface area (Å²) in [5.41, 5.74) is 3.79. The van der Waals surface area contributed by atoms with E-state index in [1.165, 1.54) is 6.07 Å². The van der Waals surface area contributed by atoms with Crippen LogP contribution in [0.2, 0.25) is 0 Å². The Labute approximate surface area is 202 Å². The predicted octanol–water partition coefficient (Wildman–Crippen LogP) is 5.81. The van der Waals surface area contributed by atoms with E-state index in [4.69, 9.17) is 21.4 Å². The summed E-state index contributed by atoms with van der Waals surface area (Å²) in [5.74, 6) is 0.587. The number of unbranched alkanes of at least 4 members (excludes halogenated alkanes) is 1. The zero-order valence-corrected chi connectivity index (χ0v) is 19.7. The molecule has 3 aromatic carbocycles. The summed E-state index contributed by atoms with van der Waals surface area (Å²) in [6.45, 7) is 4.66. The lowest BCUT2D eigenvalue weighted by molar-refractivity contribution is 0.0977. The molecule has 1 aromatic heterocycles. The number of rotatable bonds is 7. The monoisotopic (exact) mass is 475 g/mol. The zero-order valence-electron chi connectivity index (χ0n) is 18.9. The number of carbonyl (C=O) groups is 1. The third-order valence-corrected chi connectivity index (χ3v) is 5.32. The maximum atomic E-state index is 12.6. The maximum absolute atomic E-state index is 12.6. The number of aryl methyl sites for hydroxylation is 1. The van der Waals surface area contributed by atoms with Crippen molar-refractivity contribution in [3.8, 4) is 23.0 Å².